The maximum absolute atomic E-state index is 13.3. The summed E-state index contributed by atoms with van der Waals surface area (Å²) < 4.78 is 15.0. The zero-order valence-corrected chi connectivity index (χ0v) is 13.6. The van der Waals surface area contributed by atoms with E-state index in [-0.39, 0.29) is 18.0 Å². The molecule has 0 saturated heterocycles. The number of fused-ring (bicyclic) bond motifs is 1. The number of anilines is 1. The summed E-state index contributed by atoms with van der Waals surface area (Å²) in [5.41, 5.74) is 11.3. The predicted octanol–water partition coefficient (Wildman–Crippen LogP) is 3.74. The van der Waals surface area contributed by atoms with Crippen LogP contribution in [0.3, 0.4) is 0 Å². The summed E-state index contributed by atoms with van der Waals surface area (Å²) in [6, 6.07) is 9.92. The molecule has 122 valence electrons. The average Bonchev–Trinajstić information content (AvgIpc) is 3.19. The Morgan fingerprint density at radius 3 is 2.75 bits per heavy atom. The van der Waals surface area contributed by atoms with Gasteiger partial charge in [0.25, 0.3) is 0 Å². The number of Topliss-reactive ketones (excluding diaryl/α,β-unsaturated/α-hetero) is 1. The van der Waals surface area contributed by atoms with Crippen molar-refractivity contribution >= 4 is 17.2 Å². The van der Waals surface area contributed by atoms with E-state index >= 15 is 0 Å². The number of rotatable bonds is 3. The first-order valence-electron chi connectivity index (χ1n) is 8.00. The lowest BCUT2D eigenvalue weighted by Gasteiger charge is -2.10. The fraction of sp³-hybridized carbons (Fsp3) is 0.263. The largest absolute Gasteiger partial charge is 0.382 e. The van der Waals surface area contributed by atoms with E-state index < -0.39 is 12.1 Å². The van der Waals surface area contributed by atoms with Gasteiger partial charge >= 0.3 is 0 Å². The van der Waals surface area contributed by atoms with Gasteiger partial charge in [0.1, 0.15) is 17.5 Å². The molecule has 1 aliphatic carbocycles. The molecule has 0 bridgehead atoms. The zero-order valence-electron chi connectivity index (χ0n) is 13.6. The van der Waals surface area contributed by atoms with Gasteiger partial charge in [0, 0.05) is 6.20 Å². The number of pyridine rings is 1. The summed E-state index contributed by atoms with van der Waals surface area (Å²) in [4.78, 5) is 16.7. The highest BCUT2D eigenvalue weighted by Gasteiger charge is 2.45. The normalized spacial score (nSPS) is 19.6. The summed E-state index contributed by atoms with van der Waals surface area (Å²) in [5, 5.41) is 0. The minimum absolute atomic E-state index is 0.164. The first kappa shape index (κ1) is 14.9. The molecule has 0 radical (unpaired) electrons. The molecule has 0 aliphatic heterocycles. The van der Waals surface area contributed by atoms with Crippen molar-refractivity contribution in [2.45, 2.75) is 26.4 Å². The van der Waals surface area contributed by atoms with Crippen LogP contribution in [0.4, 0.5) is 10.2 Å². The molecular weight excluding hydrogens is 305 g/mol. The fourth-order valence-corrected chi connectivity index (χ4v) is 3.14. The van der Waals surface area contributed by atoms with E-state index in [0.717, 1.165) is 11.1 Å². The summed E-state index contributed by atoms with van der Waals surface area (Å²) in [5.74, 6) is -0.667. The van der Waals surface area contributed by atoms with Crippen LogP contribution in [0.15, 0.2) is 36.5 Å². The lowest BCUT2D eigenvalue weighted by atomic mass is 9.98. The number of nitrogens with two attached hydrogens (primary N) is 1. The maximum atomic E-state index is 13.3. The number of ketones is 1. The van der Waals surface area contributed by atoms with E-state index in [4.69, 9.17) is 5.73 Å². The smallest absolute Gasteiger partial charge is 0.189 e. The lowest BCUT2D eigenvalue weighted by Crippen LogP contribution is -2.10. The van der Waals surface area contributed by atoms with E-state index in [9.17, 15) is 9.18 Å². The van der Waals surface area contributed by atoms with Crippen LogP contribution in [0.5, 0.6) is 0 Å². The van der Waals surface area contributed by atoms with E-state index in [1.807, 2.05) is 30.5 Å². The van der Waals surface area contributed by atoms with Gasteiger partial charge in [-0.1, -0.05) is 18.2 Å². The molecule has 4 nitrogen and oxygen atoms in total. The van der Waals surface area contributed by atoms with Crippen molar-refractivity contribution in [1.29, 1.82) is 0 Å². The zero-order chi connectivity index (χ0) is 17.0. The Kier molecular flexibility index (Phi) is 3.20. The van der Waals surface area contributed by atoms with Crippen molar-refractivity contribution < 1.29 is 9.18 Å². The third kappa shape index (κ3) is 2.19. The van der Waals surface area contributed by atoms with Gasteiger partial charge in [-0.15, -0.1) is 0 Å². The molecule has 1 fully saturated rings. The minimum atomic E-state index is -1.05. The molecule has 5 heteroatoms. The SMILES string of the molecule is Cc1cccc(-c2ccc3nc(N)c(C(=O)[C@@H]4C[C@@H]4F)n3c2)c1C. The Bertz CT molecular complexity index is 976. The van der Waals surface area contributed by atoms with Crippen molar-refractivity contribution in [3.05, 3.63) is 53.3 Å². The average molecular weight is 323 g/mol. The van der Waals surface area contributed by atoms with Gasteiger partial charge in [-0.2, -0.15) is 0 Å². The third-order valence-corrected chi connectivity index (χ3v) is 4.84. The van der Waals surface area contributed by atoms with Crippen LogP contribution in [0, 0.1) is 19.8 Å². The molecule has 24 heavy (non-hydrogen) atoms. The van der Waals surface area contributed by atoms with E-state index in [2.05, 4.69) is 24.9 Å². The highest BCUT2D eigenvalue weighted by atomic mass is 19.1. The molecule has 2 aromatic heterocycles. The molecule has 0 spiro atoms. The van der Waals surface area contributed by atoms with Crippen LogP contribution in [0.1, 0.15) is 28.0 Å². The topological polar surface area (TPSA) is 60.4 Å². The van der Waals surface area contributed by atoms with Crippen LogP contribution in [0.25, 0.3) is 16.8 Å². The van der Waals surface area contributed by atoms with E-state index in [1.165, 1.54) is 11.1 Å². The fourth-order valence-electron chi connectivity index (χ4n) is 3.14. The second-order valence-corrected chi connectivity index (χ2v) is 6.46. The number of hydrogen-bond donors (Lipinski definition) is 1. The molecule has 2 heterocycles. The molecule has 1 aliphatic rings. The second kappa shape index (κ2) is 5.16. The van der Waals surface area contributed by atoms with E-state index in [1.54, 1.807) is 4.40 Å². The third-order valence-electron chi connectivity index (χ3n) is 4.84. The van der Waals surface area contributed by atoms with Crippen molar-refractivity contribution in [3.8, 4) is 11.1 Å². The lowest BCUT2D eigenvalue weighted by molar-refractivity contribution is 0.0952. The number of carbonyl (C=O) groups is 1. The summed E-state index contributed by atoms with van der Waals surface area (Å²) >= 11 is 0. The number of hydrogen-bond acceptors (Lipinski definition) is 3. The highest BCUT2D eigenvalue weighted by molar-refractivity contribution is 6.03. The van der Waals surface area contributed by atoms with Gasteiger partial charge in [0.2, 0.25) is 0 Å². The first-order valence-corrected chi connectivity index (χ1v) is 8.00. The number of imidazole rings is 1. The Morgan fingerprint density at radius 2 is 2.04 bits per heavy atom. The number of nitrogen functional groups attached to an aromatic ring is 1. The van der Waals surface area contributed by atoms with Crippen molar-refractivity contribution in [1.82, 2.24) is 9.38 Å². The molecular formula is C19H18FN3O. The Labute approximate surface area is 139 Å². The summed E-state index contributed by atoms with van der Waals surface area (Å²) in [6.45, 7) is 4.14. The van der Waals surface area contributed by atoms with Crippen molar-refractivity contribution in [3.63, 3.8) is 0 Å². The summed E-state index contributed by atoms with van der Waals surface area (Å²) in [7, 11) is 0. The van der Waals surface area contributed by atoms with Gasteiger partial charge in [-0.05, 0) is 54.7 Å². The standard InChI is InChI=1S/C19H18FN3O/c1-10-4-3-5-13(11(10)2)12-6-7-16-22-19(21)17(23(16)9-12)18(24)14-8-15(14)20/h3-7,9,14-15H,8,21H2,1-2H3/t14-,15+/m1/s1. The monoisotopic (exact) mass is 323 g/mol. The molecule has 1 aromatic carbocycles. The number of halogens is 1. The highest BCUT2D eigenvalue weighted by Crippen LogP contribution is 2.38. The molecule has 2 atom stereocenters. The van der Waals surface area contributed by atoms with Gasteiger partial charge in [-0.3, -0.25) is 9.20 Å². The molecule has 2 N–H and O–H groups in total. The van der Waals surface area contributed by atoms with Crippen LogP contribution >= 0.6 is 0 Å². The molecule has 0 unspecified atom stereocenters. The van der Waals surface area contributed by atoms with E-state index in [0.29, 0.717) is 11.3 Å². The minimum Gasteiger partial charge on any atom is -0.382 e. The van der Waals surface area contributed by atoms with Crippen LogP contribution in [-0.2, 0) is 0 Å². The van der Waals surface area contributed by atoms with Crippen molar-refractivity contribution in [2.75, 3.05) is 5.73 Å². The van der Waals surface area contributed by atoms with Gasteiger partial charge < -0.3 is 5.73 Å². The second-order valence-electron chi connectivity index (χ2n) is 6.46. The van der Waals surface area contributed by atoms with Gasteiger partial charge in [0.15, 0.2) is 11.6 Å². The number of benzene rings is 1. The molecule has 4 rings (SSSR count). The van der Waals surface area contributed by atoms with Crippen LogP contribution in [0.2, 0.25) is 0 Å². The number of aromatic nitrogens is 2. The Balaban J connectivity index is 1.88. The Morgan fingerprint density at radius 1 is 1.29 bits per heavy atom. The first-order chi connectivity index (χ1) is 11.5. The van der Waals surface area contributed by atoms with Crippen molar-refractivity contribution in [2.24, 2.45) is 5.92 Å². The Hall–Kier alpha value is -2.69. The molecule has 0 amide bonds. The predicted molar refractivity (Wildman–Crippen MR) is 91.8 cm³/mol. The van der Waals surface area contributed by atoms with Gasteiger partial charge in [0.05, 0.1) is 5.92 Å². The summed E-state index contributed by atoms with van der Waals surface area (Å²) in [6.07, 6.45) is 1.09. The number of alkyl halides is 1. The number of aryl methyl sites for hydroxylation is 1. The molecule has 1 saturated carbocycles. The quantitative estimate of drug-likeness (QED) is 0.747. The molecule has 3 aromatic rings. The van der Waals surface area contributed by atoms with Crippen LogP contribution in [-0.4, -0.2) is 21.3 Å². The van der Waals surface area contributed by atoms with Crippen LogP contribution < -0.4 is 5.73 Å². The van der Waals surface area contributed by atoms with Gasteiger partial charge in [-0.25, -0.2) is 9.37 Å². The number of carbonyl (C=O) groups excluding carboxylic acids is 1. The maximum Gasteiger partial charge on any atom is 0.189 e. The number of nitrogens with zero attached hydrogens (tertiary/aromatic N) is 2.